The SMILES string of the molecule is CCOC(=O)c1cnn(C(C)c2cnc(Cl)cc2OC)c1. The van der Waals surface area contributed by atoms with E-state index >= 15 is 0 Å². The van der Waals surface area contributed by atoms with Crippen LogP contribution in [0.1, 0.15) is 35.8 Å². The number of ether oxygens (including phenoxy) is 2. The summed E-state index contributed by atoms with van der Waals surface area (Å²) >= 11 is 5.85. The molecule has 21 heavy (non-hydrogen) atoms. The highest BCUT2D eigenvalue weighted by molar-refractivity contribution is 6.29. The largest absolute Gasteiger partial charge is 0.496 e. The highest BCUT2D eigenvalue weighted by Gasteiger charge is 2.17. The normalized spacial score (nSPS) is 12.0. The standard InChI is InChI=1S/C14H16ClN3O3/c1-4-21-14(19)10-6-17-18(8-10)9(2)11-7-16-13(15)5-12(11)20-3/h5-9H,4H2,1-3H3. The first-order valence-electron chi connectivity index (χ1n) is 6.47. The van der Waals surface area contributed by atoms with Gasteiger partial charge in [-0.05, 0) is 13.8 Å². The summed E-state index contributed by atoms with van der Waals surface area (Å²) in [5.74, 6) is 0.229. The fourth-order valence-electron chi connectivity index (χ4n) is 1.93. The second-order valence-electron chi connectivity index (χ2n) is 4.35. The maximum absolute atomic E-state index is 11.7. The van der Waals surface area contributed by atoms with Crippen molar-refractivity contribution in [3.8, 4) is 5.75 Å². The van der Waals surface area contributed by atoms with Gasteiger partial charge in [0.25, 0.3) is 0 Å². The number of rotatable bonds is 5. The van der Waals surface area contributed by atoms with E-state index in [0.29, 0.717) is 23.1 Å². The molecule has 0 aromatic carbocycles. The zero-order chi connectivity index (χ0) is 15.4. The van der Waals surface area contributed by atoms with Gasteiger partial charge in [-0.3, -0.25) is 4.68 Å². The number of halogens is 1. The van der Waals surface area contributed by atoms with E-state index in [1.165, 1.54) is 6.20 Å². The molecule has 0 N–H and O–H groups in total. The van der Waals surface area contributed by atoms with Crippen LogP contribution in [0.2, 0.25) is 5.15 Å². The average Bonchev–Trinajstić information content (AvgIpc) is 2.96. The van der Waals surface area contributed by atoms with Gasteiger partial charge in [0, 0.05) is 24.0 Å². The Balaban J connectivity index is 2.28. The fraction of sp³-hybridized carbons (Fsp3) is 0.357. The lowest BCUT2D eigenvalue weighted by atomic mass is 10.1. The third-order valence-electron chi connectivity index (χ3n) is 3.04. The number of aromatic nitrogens is 3. The van der Waals surface area contributed by atoms with Crippen molar-refractivity contribution < 1.29 is 14.3 Å². The summed E-state index contributed by atoms with van der Waals surface area (Å²) in [6, 6.07) is 1.48. The van der Waals surface area contributed by atoms with E-state index in [1.807, 2.05) is 6.92 Å². The van der Waals surface area contributed by atoms with Gasteiger partial charge in [0.2, 0.25) is 0 Å². The Morgan fingerprint density at radius 1 is 1.48 bits per heavy atom. The molecule has 0 bridgehead atoms. The Morgan fingerprint density at radius 2 is 2.24 bits per heavy atom. The second kappa shape index (κ2) is 6.58. The molecule has 112 valence electrons. The number of hydrogen-bond donors (Lipinski definition) is 0. The summed E-state index contributed by atoms with van der Waals surface area (Å²) in [6.07, 6.45) is 4.75. The molecule has 0 aliphatic rings. The van der Waals surface area contributed by atoms with E-state index in [9.17, 15) is 4.79 Å². The number of carbonyl (C=O) groups excluding carboxylic acids is 1. The summed E-state index contributed by atoms with van der Waals surface area (Å²) in [6.45, 7) is 4.01. The first kappa shape index (κ1) is 15.3. The summed E-state index contributed by atoms with van der Waals surface area (Å²) in [4.78, 5) is 15.7. The molecular weight excluding hydrogens is 294 g/mol. The van der Waals surface area contributed by atoms with Gasteiger partial charge in [-0.15, -0.1) is 0 Å². The molecule has 6 nitrogen and oxygen atoms in total. The summed E-state index contributed by atoms with van der Waals surface area (Å²) < 4.78 is 11.9. The first-order valence-corrected chi connectivity index (χ1v) is 6.85. The minimum Gasteiger partial charge on any atom is -0.496 e. The van der Waals surface area contributed by atoms with Crippen molar-refractivity contribution in [1.29, 1.82) is 0 Å². The molecule has 0 amide bonds. The number of carbonyl (C=O) groups is 1. The maximum atomic E-state index is 11.7. The molecule has 7 heteroatoms. The predicted octanol–water partition coefficient (Wildman–Crippen LogP) is 2.73. The van der Waals surface area contributed by atoms with Crippen molar-refractivity contribution in [2.24, 2.45) is 0 Å². The van der Waals surface area contributed by atoms with E-state index in [2.05, 4.69) is 10.1 Å². The topological polar surface area (TPSA) is 66.2 Å². The minimum atomic E-state index is -0.392. The number of nitrogens with zero attached hydrogens (tertiary/aromatic N) is 3. The van der Waals surface area contributed by atoms with Gasteiger partial charge in [-0.1, -0.05) is 11.6 Å². The Bertz CT molecular complexity index is 642. The lowest BCUT2D eigenvalue weighted by Crippen LogP contribution is -2.09. The van der Waals surface area contributed by atoms with E-state index in [-0.39, 0.29) is 6.04 Å². The quantitative estimate of drug-likeness (QED) is 0.627. The van der Waals surface area contributed by atoms with E-state index in [0.717, 1.165) is 5.56 Å². The van der Waals surface area contributed by atoms with Crippen LogP contribution in [0.5, 0.6) is 5.75 Å². The molecule has 2 rings (SSSR count). The van der Waals surface area contributed by atoms with Crippen molar-refractivity contribution in [2.75, 3.05) is 13.7 Å². The van der Waals surface area contributed by atoms with Crippen LogP contribution < -0.4 is 4.74 Å². The van der Waals surface area contributed by atoms with Crippen LogP contribution in [0.4, 0.5) is 0 Å². The summed E-state index contributed by atoms with van der Waals surface area (Å²) in [5.41, 5.74) is 1.23. The molecule has 0 radical (unpaired) electrons. The third kappa shape index (κ3) is 3.33. The van der Waals surface area contributed by atoms with Crippen LogP contribution in [0.15, 0.2) is 24.7 Å². The van der Waals surface area contributed by atoms with E-state index < -0.39 is 5.97 Å². The molecule has 1 unspecified atom stereocenters. The Labute approximate surface area is 127 Å². The van der Waals surface area contributed by atoms with Crippen molar-refractivity contribution >= 4 is 17.6 Å². The van der Waals surface area contributed by atoms with Crippen LogP contribution in [0.25, 0.3) is 0 Å². The number of hydrogen-bond acceptors (Lipinski definition) is 5. The third-order valence-corrected chi connectivity index (χ3v) is 3.25. The minimum absolute atomic E-state index is 0.159. The molecule has 0 aliphatic carbocycles. The molecule has 0 aliphatic heterocycles. The van der Waals surface area contributed by atoms with Gasteiger partial charge in [-0.2, -0.15) is 5.10 Å². The molecule has 2 aromatic heterocycles. The van der Waals surface area contributed by atoms with Crippen LogP contribution in [-0.2, 0) is 4.74 Å². The second-order valence-corrected chi connectivity index (χ2v) is 4.74. The molecule has 0 spiro atoms. The molecule has 1 atom stereocenters. The van der Waals surface area contributed by atoms with Gasteiger partial charge in [0.1, 0.15) is 10.9 Å². The Morgan fingerprint density at radius 3 is 2.90 bits per heavy atom. The first-order chi connectivity index (χ1) is 10.1. The van der Waals surface area contributed by atoms with Gasteiger partial charge < -0.3 is 9.47 Å². The van der Waals surface area contributed by atoms with Crippen molar-refractivity contribution in [1.82, 2.24) is 14.8 Å². The lowest BCUT2D eigenvalue weighted by Gasteiger charge is -2.15. The fourth-order valence-corrected chi connectivity index (χ4v) is 2.07. The molecule has 0 fully saturated rings. The summed E-state index contributed by atoms with van der Waals surface area (Å²) in [7, 11) is 1.56. The van der Waals surface area contributed by atoms with Crippen LogP contribution in [0, 0.1) is 0 Å². The van der Waals surface area contributed by atoms with E-state index in [4.69, 9.17) is 21.1 Å². The predicted molar refractivity (Wildman–Crippen MR) is 77.8 cm³/mol. The van der Waals surface area contributed by atoms with Crippen molar-refractivity contribution in [3.05, 3.63) is 40.9 Å². The molecular formula is C14H16ClN3O3. The highest BCUT2D eigenvalue weighted by atomic mass is 35.5. The van der Waals surface area contributed by atoms with Crippen LogP contribution in [0.3, 0.4) is 0 Å². The molecule has 0 saturated heterocycles. The molecule has 2 aromatic rings. The van der Waals surface area contributed by atoms with Crippen LogP contribution in [-0.4, -0.2) is 34.5 Å². The maximum Gasteiger partial charge on any atom is 0.341 e. The van der Waals surface area contributed by atoms with Gasteiger partial charge >= 0.3 is 5.97 Å². The van der Waals surface area contributed by atoms with Crippen LogP contribution >= 0.6 is 11.6 Å². The zero-order valence-electron chi connectivity index (χ0n) is 12.0. The highest BCUT2D eigenvalue weighted by Crippen LogP contribution is 2.28. The zero-order valence-corrected chi connectivity index (χ0v) is 12.8. The smallest absolute Gasteiger partial charge is 0.341 e. The number of pyridine rings is 1. The lowest BCUT2D eigenvalue weighted by molar-refractivity contribution is 0.0526. The number of methoxy groups -OCH3 is 1. The molecule has 0 saturated carbocycles. The number of esters is 1. The van der Waals surface area contributed by atoms with Crippen molar-refractivity contribution in [2.45, 2.75) is 19.9 Å². The summed E-state index contributed by atoms with van der Waals surface area (Å²) in [5, 5.41) is 4.55. The Kier molecular flexibility index (Phi) is 4.80. The van der Waals surface area contributed by atoms with E-state index in [1.54, 1.807) is 37.2 Å². The molecule has 2 heterocycles. The van der Waals surface area contributed by atoms with Gasteiger partial charge in [0.05, 0.1) is 31.5 Å². The van der Waals surface area contributed by atoms with Crippen molar-refractivity contribution in [3.63, 3.8) is 0 Å². The monoisotopic (exact) mass is 309 g/mol. The Hall–Kier alpha value is -2.08. The van der Waals surface area contributed by atoms with Gasteiger partial charge in [0.15, 0.2) is 0 Å². The van der Waals surface area contributed by atoms with Gasteiger partial charge in [-0.25, -0.2) is 9.78 Å². The average molecular weight is 310 g/mol.